The summed E-state index contributed by atoms with van der Waals surface area (Å²) in [7, 11) is -1.98. The fraction of sp³-hybridized carbons (Fsp3) is 0.730. The van der Waals surface area contributed by atoms with E-state index in [4.69, 9.17) is 25.5 Å². The van der Waals surface area contributed by atoms with Gasteiger partial charge in [-0.15, -0.1) is 0 Å². The molecule has 1 aromatic rings. The van der Waals surface area contributed by atoms with Crippen molar-refractivity contribution in [3.63, 3.8) is 0 Å². The van der Waals surface area contributed by atoms with E-state index in [1.54, 1.807) is 6.20 Å². The monoisotopic (exact) mass is 663 g/mol. The average molecular weight is 664 g/mol. The highest BCUT2D eigenvalue weighted by Crippen LogP contribution is 2.41. The quantitative estimate of drug-likeness (QED) is 0.132. The van der Waals surface area contributed by atoms with Crippen LogP contribution < -0.4 is 0 Å². The number of ketones is 1. The number of halogens is 1. The number of aromatic nitrogens is 1. The van der Waals surface area contributed by atoms with Gasteiger partial charge in [0.1, 0.15) is 5.78 Å². The number of hydrogen-bond donors (Lipinski definition) is 1. The largest absolute Gasteiger partial charge is 0.409 e. The second-order valence-electron chi connectivity index (χ2n) is 15.4. The van der Waals surface area contributed by atoms with Crippen LogP contribution in [0.5, 0.6) is 0 Å². The topological polar surface area (TPSA) is 77.9 Å². The maximum Gasteiger partial charge on any atom is 0.192 e. The van der Waals surface area contributed by atoms with Crippen LogP contribution in [-0.4, -0.2) is 54.9 Å². The third-order valence-electron chi connectivity index (χ3n) is 10.1. The fourth-order valence-corrected chi connectivity index (χ4v) is 7.50. The van der Waals surface area contributed by atoms with Crippen LogP contribution in [0.2, 0.25) is 18.1 Å². The molecular formula is C37H62ClNO5Si. The van der Waals surface area contributed by atoms with Crippen LogP contribution in [0.3, 0.4) is 0 Å². The number of aliphatic hydroxyl groups is 1. The van der Waals surface area contributed by atoms with E-state index in [-0.39, 0.29) is 28.9 Å². The molecule has 1 saturated heterocycles. The van der Waals surface area contributed by atoms with Crippen LogP contribution in [0.15, 0.2) is 47.7 Å². The number of rotatable bonds is 17. The molecule has 45 heavy (non-hydrogen) atoms. The highest BCUT2D eigenvalue weighted by molar-refractivity contribution is 6.74. The molecule has 0 amide bonds. The Morgan fingerprint density at radius 2 is 1.96 bits per heavy atom. The van der Waals surface area contributed by atoms with Gasteiger partial charge < -0.3 is 19.0 Å². The highest BCUT2D eigenvalue weighted by Gasteiger charge is 2.50. The van der Waals surface area contributed by atoms with Gasteiger partial charge in [0, 0.05) is 29.3 Å². The smallest absolute Gasteiger partial charge is 0.192 e. The summed E-state index contributed by atoms with van der Waals surface area (Å²) in [6.07, 6.45) is 7.65. The maximum absolute atomic E-state index is 14.5. The Labute approximate surface area is 280 Å². The van der Waals surface area contributed by atoms with Crippen molar-refractivity contribution in [2.75, 3.05) is 6.61 Å². The Bertz CT molecular complexity index is 1130. The van der Waals surface area contributed by atoms with Gasteiger partial charge in [-0.25, -0.2) is 0 Å². The first-order valence-electron chi connectivity index (χ1n) is 16.9. The van der Waals surface area contributed by atoms with Crippen molar-refractivity contribution in [2.24, 2.45) is 17.3 Å². The van der Waals surface area contributed by atoms with Crippen LogP contribution in [0.1, 0.15) is 107 Å². The Balaban J connectivity index is 2.09. The average Bonchev–Trinajstić information content (AvgIpc) is 2.94. The number of ether oxygens (including phenoxy) is 2. The standard InChI is InChI=1S/C37H62ClNO5Si/c1-13-30(34(41)37(10,25-29-19-14-15-23-39-29)32-22-24-42-36(8,9)43-32)33(40)27(3)18-16-17-26(2)20-21-31(28(4)38)44-45(11,12)35(5,6)7/h14-15,19-20,23,27,30-33,40H,4,13,16-18,21-22,24-25H2,1-3,5-12H3/t27-,30?,31-,32-,33-,37?/m0/s1. The molecule has 0 saturated carbocycles. The summed E-state index contributed by atoms with van der Waals surface area (Å²) >= 11 is 6.37. The van der Waals surface area contributed by atoms with E-state index >= 15 is 0 Å². The molecule has 6 atom stereocenters. The van der Waals surface area contributed by atoms with E-state index in [0.717, 1.165) is 25.0 Å². The van der Waals surface area contributed by atoms with Crippen molar-refractivity contribution >= 4 is 25.7 Å². The molecule has 1 aromatic heterocycles. The van der Waals surface area contributed by atoms with Gasteiger partial charge in [0.25, 0.3) is 0 Å². The lowest BCUT2D eigenvalue weighted by molar-refractivity contribution is -0.290. The van der Waals surface area contributed by atoms with Crippen molar-refractivity contribution in [3.8, 4) is 0 Å². The summed E-state index contributed by atoms with van der Waals surface area (Å²) in [5.41, 5.74) is 1.25. The lowest BCUT2D eigenvalue weighted by Gasteiger charge is -2.46. The van der Waals surface area contributed by atoms with Gasteiger partial charge in [-0.2, -0.15) is 0 Å². The van der Waals surface area contributed by atoms with Crippen LogP contribution in [-0.2, 0) is 25.1 Å². The summed E-state index contributed by atoms with van der Waals surface area (Å²) in [6, 6.07) is 5.78. The van der Waals surface area contributed by atoms with Crippen LogP contribution in [0.4, 0.5) is 0 Å². The summed E-state index contributed by atoms with van der Waals surface area (Å²) in [4.78, 5) is 19.0. The van der Waals surface area contributed by atoms with E-state index in [1.165, 1.54) is 5.57 Å². The normalized spacial score (nSPS) is 21.8. The fourth-order valence-electron chi connectivity index (χ4n) is 5.99. The van der Waals surface area contributed by atoms with Gasteiger partial charge in [0.15, 0.2) is 14.1 Å². The molecule has 8 heteroatoms. The molecule has 0 bridgehead atoms. The number of nitrogens with zero attached hydrogens (tertiary/aromatic N) is 1. The molecule has 2 rings (SSSR count). The molecule has 1 N–H and O–H groups in total. The molecule has 0 radical (unpaired) electrons. The van der Waals surface area contributed by atoms with E-state index in [1.807, 2.05) is 45.9 Å². The molecule has 256 valence electrons. The Kier molecular flexibility index (Phi) is 14.7. The summed E-state index contributed by atoms with van der Waals surface area (Å²) in [5, 5.41) is 12.2. The minimum atomic E-state index is -1.98. The molecule has 2 heterocycles. The first kappa shape index (κ1) is 39.8. The molecule has 6 nitrogen and oxygen atoms in total. The van der Waals surface area contributed by atoms with Gasteiger partial charge in [-0.3, -0.25) is 9.78 Å². The molecule has 2 unspecified atom stereocenters. The number of hydrogen-bond acceptors (Lipinski definition) is 6. The van der Waals surface area contributed by atoms with Gasteiger partial charge >= 0.3 is 0 Å². The molecule has 0 spiro atoms. The van der Waals surface area contributed by atoms with E-state index in [9.17, 15) is 9.90 Å². The van der Waals surface area contributed by atoms with Crippen molar-refractivity contribution in [2.45, 2.75) is 149 Å². The number of aliphatic hydroxyl groups excluding tert-OH is 1. The van der Waals surface area contributed by atoms with E-state index in [2.05, 4.69) is 65.4 Å². The SMILES string of the molecule is C=C(Cl)[C@H](CC=C(C)CCC[C@H](C)[C@H](O)C(CC)C(=O)C(C)(Cc1ccccn1)[C@@H]1CCOC(C)(C)O1)O[Si](C)(C)C(C)(C)C. The van der Waals surface area contributed by atoms with E-state index in [0.29, 0.717) is 37.3 Å². The molecule has 0 aliphatic carbocycles. The lowest BCUT2D eigenvalue weighted by atomic mass is 9.67. The van der Waals surface area contributed by atoms with Gasteiger partial charge in [-0.05, 0) is 102 Å². The molecule has 1 fully saturated rings. The molecular weight excluding hydrogens is 602 g/mol. The predicted octanol–water partition coefficient (Wildman–Crippen LogP) is 9.41. The first-order chi connectivity index (χ1) is 20.7. The number of Topliss-reactive ketones (excluding diaryl/α,β-unsaturated/α-hetero) is 1. The van der Waals surface area contributed by atoms with E-state index < -0.39 is 31.5 Å². The van der Waals surface area contributed by atoms with Crippen LogP contribution in [0, 0.1) is 17.3 Å². The third kappa shape index (κ3) is 11.4. The van der Waals surface area contributed by atoms with Crippen molar-refractivity contribution in [3.05, 3.63) is 53.4 Å². The summed E-state index contributed by atoms with van der Waals surface area (Å²) in [5.74, 6) is -1.26. The molecule has 0 aromatic carbocycles. The minimum Gasteiger partial charge on any atom is -0.409 e. The predicted molar refractivity (Wildman–Crippen MR) is 189 cm³/mol. The summed E-state index contributed by atoms with van der Waals surface area (Å²) in [6.45, 7) is 27.6. The Morgan fingerprint density at radius 1 is 1.29 bits per heavy atom. The second kappa shape index (κ2) is 16.7. The zero-order valence-electron chi connectivity index (χ0n) is 30.0. The van der Waals surface area contributed by atoms with Crippen LogP contribution >= 0.6 is 11.6 Å². The van der Waals surface area contributed by atoms with Crippen molar-refractivity contribution in [1.82, 2.24) is 4.98 Å². The van der Waals surface area contributed by atoms with Gasteiger partial charge in [-0.1, -0.05) is 70.5 Å². The number of carbonyl (C=O) groups excluding carboxylic acids is 1. The second-order valence-corrected chi connectivity index (χ2v) is 20.6. The van der Waals surface area contributed by atoms with Gasteiger partial charge in [0.05, 0.1) is 30.3 Å². The highest BCUT2D eigenvalue weighted by atomic mass is 35.5. The van der Waals surface area contributed by atoms with Crippen molar-refractivity contribution in [1.29, 1.82) is 0 Å². The van der Waals surface area contributed by atoms with Crippen LogP contribution in [0.25, 0.3) is 0 Å². The Hall–Kier alpha value is -1.35. The number of allylic oxidation sites excluding steroid dienone is 1. The zero-order chi connectivity index (χ0) is 34.2. The first-order valence-corrected chi connectivity index (χ1v) is 20.1. The molecule has 1 aliphatic heterocycles. The molecule has 1 aliphatic rings. The van der Waals surface area contributed by atoms with Crippen molar-refractivity contribution < 1.29 is 23.8 Å². The number of pyridine rings is 1. The number of carbonyl (C=O) groups is 1. The summed E-state index contributed by atoms with van der Waals surface area (Å²) < 4.78 is 18.7. The lowest BCUT2D eigenvalue weighted by Crippen LogP contribution is -2.54. The van der Waals surface area contributed by atoms with Gasteiger partial charge in [0.2, 0.25) is 0 Å². The maximum atomic E-state index is 14.5. The minimum absolute atomic E-state index is 0.0323. The Morgan fingerprint density at radius 3 is 2.49 bits per heavy atom. The zero-order valence-corrected chi connectivity index (χ0v) is 31.8. The third-order valence-corrected chi connectivity index (χ3v) is 14.8.